The third-order valence-corrected chi connectivity index (χ3v) is 4.72. The Balaban J connectivity index is 2.06. The molecular weight excluding hydrogens is 314 g/mol. The van der Waals surface area contributed by atoms with Crippen LogP contribution in [0, 0.1) is 0 Å². The number of nitrogens with zero attached hydrogens (tertiary/aromatic N) is 3. The van der Waals surface area contributed by atoms with Crippen molar-refractivity contribution >= 4 is 17.6 Å². The molecule has 130 valence electrons. The van der Waals surface area contributed by atoms with Crippen molar-refractivity contribution in [3.63, 3.8) is 0 Å². The number of thioether (sulfide) groups is 1. The molecule has 1 fully saturated rings. The van der Waals surface area contributed by atoms with Gasteiger partial charge in [0.1, 0.15) is 17.5 Å². The van der Waals surface area contributed by atoms with Gasteiger partial charge >= 0.3 is 5.69 Å². The van der Waals surface area contributed by atoms with Gasteiger partial charge in [-0.05, 0) is 25.8 Å². The van der Waals surface area contributed by atoms with E-state index in [2.05, 4.69) is 23.7 Å². The van der Waals surface area contributed by atoms with Crippen molar-refractivity contribution in [2.24, 2.45) is 0 Å². The van der Waals surface area contributed by atoms with Gasteiger partial charge in [-0.15, -0.1) is 11.8 Å². The number of hydrogen-bond donors (Lipinski definition) is 0. The third kappa shape index (κ3) is 4.96. The average molecular weight is 341 g/mol. The van der Waals surface area contributed by atoms with E-state index in [1.807, 2.05) is 13.0 Å². The first kappa shape index (κ1) is 18.3. The highest BCUT2D eigenvalue weighted by atomic mass is 32.2. The van der Waals surface area contributed by atoms with Crippen molar-refractivity contribution in [3.8, 4) is 0 Å². The second kappa shape index (κ2) is 9.30. The van der Waals surface area contributed by atoms with Gasteiger partial charge in [0.25, 0.3) is 0 Å². The lowest BCUT2D eigenvalue weighted by molar-refractivity contribution is -0.0226. The van der Waals surface area contributed by atoms with Gasteiger partial charge in [0, 0.05) is 31.6 Å². The Morgan fingerprint density at radius 3 is 2.74 bits per heavy atom. The molecular formula is C16H27N3O3S. The molecule has 0 bridgehead atoms. The molecule has 1 aliphatic rings. The van der Waals surface area contributed by atoms with Crippen LogP contribution >= 0.6 is 11.8 Å². The van der Waals surface area contributed by atoms with Crippen LogP contribution in [-0.4, -0.2) is 47.0 Å². The van der Waals surface area contributed by atoms with Crippen molar-refractivity contribution in [3.05, 3.63) is 22.7 Å². The molecule has 1 saturated heterocycles. The first-order chi connectivity index (χ1) is 11.2. The van der Waals surface area contributed by atoms with Gasteiger partial charge in [-0.2, -0.15) is 4.98 Å². The first-order valence-corrected chi connectivity index (χ1v) is 9.43. The van der Waals surface area contributed by atoms with Crippen LogP contribution in [0.2, 0.25) is 0 Å². The maximum Gasteiger partial charge on any atom is 0.351 e. The van der Waals surface area contributed by atoms with Crippen LogP contribution in [0.5, 0.6) is 0 Å². The Labute approximate surface area is 142 Å². The summed E-state index contributed by atoms with van der Waals surface area (Å²) in [5, 5.41) is 0. The van der Waals surface area contributed by atoms with Gasteiger partial charge in [-0.25, -0.2) is 4.79 Å². The summed E-state index contributed by atoms with van der Waals surface area (Å²) in [5.41, 5.74) is -0.259. The Morgan fingerprint density at radius 1 is 1.39 bits per heavy atom. The van der Waals surface area contributed by atoms with Crippen LogP contribution in [0.1, 0.15) is 39.8 Å². The van der Waals surface area contributed by atoms with E-state index in [1.54, 1.807) is 22.5 Å². The molecule has 1 aliphatic heterocycles. The number of aromatic nitrogens is 2. The van der Waals surface area contributed by atoms with Crippen molar-refractivity contribution in [2.75, 3.05) is 37.0 Å². The standard InChI is InChI=1S/C16H27N3O3S/c1-4-8-18(9-5-2)13-7-10-19(16(20)17-13)14-12-23-15(22-14)11-21-6-3/h7,10,14-15H,4-6,8-9,11-12H2,1-3H3/t14-,15?/m0/s1. The highest BCUT2D eigenvalue weighted by molar-refractivity contribution is 8.00. The van der Waals surface area contributed by atoms with Crippen LogP contribution in [0.4, 0.5) is 5.82 Å². The summed E-state index contributed by atoms with van der Waals surface area (Å²) in [4.78, 5) is 18.8. The molecule has 0 aliphatic carbocycles. The molecule has 2 rings (SSSR count). The number of anilines is 1. The fourth-order valence-electron chi connectivity index (χ4n) is 2.57. The van der Waals surface area contributed by atoms with E-state index >= 15 is 0 Å². The lowest BCUT2D eigenvalue weighted by atomic mass is 10.3. The monoisotopic (exact) mass is 341 g/mol. The molecule has 0 N–H and O–H groups in total. The second-order valence-electron chi connectivity index (χ2n) is 5.48. The van der Waals surface area contributed by atoms with Gasteiger partial charge in [0.15, 0.2) is 0 Å². The summed E-state index contributed by atoms with van der Waals surface area (Å²) in [6.45, 7) is 9.28. The molecule has 0 saturated carbocycles. The van der Waals surface area contributed by atoms with Crippen LogP contribution in [0.3, 0.4) is 0 Å². The van der Waals surface area contributed by atoms with E-state index in [9.17, 15) is 4.79 Å². The van der Waals surface area contributed by atoms with Gasteiger partial charge < -0.3 is 14.4 Å². The molecule has 2 atom stereocenters. The maximum atomic E-state index is 12.4. The van der Waals surface area contributed by atoms with E-state index < -0.39 is 0 Å². The Hall–Kier alpha value is -1.05. The van der Waals surface area contributed by atoms with Gasteiger partial charge in [-0.3, -0.25) is 4.57 Å². The molecule has 0 radical (unpaired) electrons. The topological polar surface area (TPSA) is 56.6 Å². The fraction of sp³-hybridized carbons (Fsp3) is 0.750. The lowest BCUT2D eigenvalue weighted by Gasteiger charge is -2.23. The Morgan fingerprint density at radius 2 is 2.13 bits per heavy atom. The minimum absolute atomic E-state index is 0.0109. The average Bonchev–Trinajstić information content (AvgIpc) is 3.01. The minimum Gasteiger partial charge on any atom is -0.378 e. The molecule has 0 amide bonds. The molecule has 6 nitrogen and oxygen atoms in total. The van der Waals surface area contributed by atoms with Gasteiger partial charge in [-0.1, -0.05) is 13.8 Å². The van der Waals surface area contributed by atoms with Crippen molar-refractivity contribution < 1.29 is 9.47 Å². The smallest absolute Gasteiger partial charge is 0.351 e. The van der Waals surface area contributed by atoms with Gasteiger partial charge in [0.2, 0.25) is 0 Å². The summed E-state index contributed by atoms with van der Waals surface area (Å²) in [5.74, 6) is 1.50. The predicted molar refractivity (Wildman–Crippen MR) is 94.2 cm³/mol. The molecule has 7 heteroatoms. The van der Waals surface area contributed by atoms with Crippen molar-refractivity contribution in [1.82, 2.24) is 9.55 Å². The maximum absolute atomic E-state index is 12.4. The van der Waals surface area contributed by atoms with Crippen LogP contribution in [-0.2, 0) is 9.47 Å². The molecule has 1 aromatic heterocycles. The number of hydrogen-bond acceptors (Lipinski definition) is 6. The van der Waals surface area contributed by atoms with Crippen molar-refractivity contribution in [2.45, 2.75) is 45.3 Å². The Bertz CT molecular complexity index is 532. The van der Waals surface area contributed by atoms with E-state index in [4.69, 9.17) is 9.47 Å². The van der Waals surface area contributed by atoms with E-state index in [0.717, 1.165) is 37.5 Å². The summed E-state index contributed by atoms with van der Waals surface area (Å²) in [6.07, 6.45) is 3.61. The second-order valence-corrected chi connectivity index (χ2v) is 6.67. The fourth-order valence-corrected chi connectivity index (χ4v) is 3.59. The van der Waals surface area contributed by atoms with Crippen LogP contribution < -0.4 is 10.6 Å². The van der Waals surface area contributed by atoms with E-state index in [-0.39, 0.29) is 17.4 Å². The molecule has 1 unspecified atom stereocenters. The molecule has 2 heterocycles. The molecule has 0 aromatic carbocycles. The first-order valence-electron chi connectivity index (χ1n) is 8.38. The normalized spacial score (nSPS) is 20.8. The van der Waals surface area contributed by atoms with Crippen molar-refractivity contribution in [1.29, 1.82) is 0 Å². The SMILES string of the molecule is CCCN(CCC)c1ccn([C@@H]2CSC(COCC)O2)c(=O)n1. The zero-order valence-electron chi connectivity index (χ0n) is 14.2. The zero-order chi connectivity index (χ0) is 16.7. The number of ether oxygens (including phenoxy) is 2. The quantitative estimate of drug-likeness (QED) is 0.688. The largest absolute Gasteiger partial charge is 0.378 e. The van der Waals surface area contributed by atoms with Crippen LogP contribution in [0.25, 0.3) is 0 Å². The van der Waals surface area contributed by atoms with E-state index in [1.165, 1.54) is 0 Å². The Kier molecular flexibility index (Phi) is 7.39. The van der Waals surface area contributed by atoms with E-state index in [0.29, 0.717) is 13.2 Å². The molecule has 0 spiro atoms. The molecule has 23 heavy (non-hydrogen) atoms. The summed E-state index contributed by atoms with van der Waals surface area (Å²) in [7, 11) is 0. The number of rotatable bonds is 9. The summed E-state index contributed by atoms with van der Waals surface area (Å²) < 4.78 is 12.8. The highest BCUT2D eigenvalue weighted by Gasteiger charge is 2.28. The molecule has 1 aromatic rings. The summed E-state index contributed by atoms with van der Waals surface area (Å²) in [6, 6.07) is 1.91. The minimum atomic E-state index is -0.259. The van der Waals surface area contributed by atoms with Gasteiger partial charge in [0.05, 0.1) is 6.61 Å². The third-order valence-electron chi connectivity index (χ3n) is 3.63. The zero-order valence-corrected chi connectivity index (χ0v) is 15.1. The van der Waals surface area contributed by atoms with Crippen LogP contribution in [0.15, 0.2) is 17.1 Å². The lowest BCUT2D eigenvalue weighted by Crippen LogP contribution is -2.33. The highest BCUT2D eigenvalue weighted by Crippen LogP contribution is 2.31. The predicted octanol–water partition coefficient (Wildman–Crippen LogP) is 2.49. The summed E-state index contributed by atoms with van der Waals surface area (Å²) >= 11 is 1.68.